The first-order valence-electron chi connectivity index (χ1n) is 6.27. The third-order valence-electron chi connectivity index (χ3n) is 3.12. The molecule has 20 heavy (non-hydrogen) atoms. The molecular formula is C13H12N5S2+. The van der Waals surface area contributed by atoms with Gasteiger partial charge in [-0.15, -0.1) is 0 Å². The molecule has 2 aromatic rings. The van der Waals surface area contributed by atoms with Crippen LogP contribution in [0.2, 0.25) is 0 Å². The van der Waals surface area contributed by atoms with E-state index in [2.05, 4.69) is 27.3 Å². The predicted molar refractivity (Wildman–Crippen MR) is 81.3 cm³/mol. The Morgan fingerprint density at radius 2 is 2.00 bits per heavy atom. The monoisotopic (exact) mass is 302 g/mol. The van der Waals surface area contributed by atoms with Crippen molar-refractivity contribution in [3.8, 4) is 0 Å². The van der Waals surface area contributed by atoms with E-state index in [1.807, 2.05) is 41.7 Å². The van der Waals surface area contributed by atoms with Crippen LogP contribution in [0.1, 0.15) is 23.7 Å². The molecule has 0 saturated heterocycles. The van der Waals surface area contributed by atoms with E-state index in [-0.39, 0.29) is 6.17 Å². The average Bonchev–Trinajstić information content (AvgIpc) is 2.97. The summed E-state index contributed by atoms with van der Waals surface area (Å²) in [6.45, 7) is 4.01. The van der Waals surface area contributed by atoms with Crippen LogP contribution < -0.4 is 4.68 Å². The van der Waals surface area contributed by atoms with Crippen LogP contribution in [0.5, 0.6) is 0 Å². The summed E-state index contributed by atoms with van der Waals surface area (Å²) in [7, 11) is 0. The zero-order valence-corrected chi connectivity index (χ0v) is 12.6. The van der Waals surface area contributed by atoms with Crippen LogP contribution in [0.15, 0.2) is 40.4 Å². The SMILES string of the molecule is CC1=NN2C(=Nc3sc(C)n[n+]3C2c2ccccc2)S1. The second-order valence-electron chi connectivity index (χ2n) is 4.59. The number of fused-ring (bicyclic) bond motifs is 2. The van der Waals surface area contributed by atoms with E-state index in [0.29, 0.717) is 0 Å². The molecular weight excluding hydrogens is 290 g/mol. The van der Waals surface area contributed by atoms with Crippen molar-refractivity contribution in [1.29, 1.82) is 0 Å². The first kappa shape index (κ1) is 12.0. The maximum atomic E-state index is 4.66. The van der Waals surface area contributed by atoms with Gasteiger partial charge in [0.05, 0.1) is 0 Å². The maximum Gasteiger partial charge on any atom is 0.409 e. The second-order valence-corrected chi connectivity index (χ2v) is 6.91. The quantitative estimate of drug-likeness (QED) is 0.761. The minimum Gasteiger partial charge on any atom is -0.170 e. The van der Waals surface area contributed by atoms with E-state index in [9.17, 15) is 0 Å². The molecule has 1 aromatic carbocycles. The Labute approximate surface area is 124 Å². The summed E-state index contributed by atoms with van der Waals surface area (Å²) in [5.74, 6) is 0. The summed E-state index contributed by atoms with van der Waals surface area (Å²) < 4.78 is 1.96. The first-order chi connectivity index (χ1) is 9.72. The lowest BCUT2D eigenvalue weighted by molar-refractivity contribution is -0.770. The van der Waals surface area contributed by atoms with Gasteiger partial charge < -0.3 is 0 Å². The number of benzene rings is 1. The van der Waals surface area contributed by atoms with Gasteiger partial charge in [0.1, 0.15) is 10.1 Å². The van der Waals surface area contributed by atoms with Crippen molar-refractivity contribution in [1.82, 2.24) is 10.1 Å². The number of aromatic nitrogens is 2. The van der Waals surface area contributed by atoms with E-state index < -0.39 is 0 Å². The van der Waals surface area contributed by atoms with Crippen LogP contribution in [0.25, 0.3) is 0 Å². The molecule has 0 radical (unpaired) electrons. The van der Waals surface area contributed by atoms with Crippen LogP contribution in [0, 0.1) is 6.92 Å². The number of amidine groups is 1. The highest BCUT2D eigenvalue weighted by atomic mass is 32.2. The molecule has 0 spiro atoms. The zero-order valence-electron chi connectivity index (χ0n) is 11.0. The summed E-state index contributed by atoms with van der Waals surface area (Å²) in [5.41, 5.74) is 1.16. The minimum atomic E-state index is -0.0476. The molecule has 3 heterocycles. The fourth-order valence-electron chi connectivity index (χ4n) is 2.35. The molecule has 1 unspecified atom stereocenters. The number of hydrogen-bond acceptors (Lipinski definition) is 6. The highest BCUT2D eigenvalue weighted by Crippen LogP contribution is 2.36. The van der Waals surface area contributed by atoms with E-state index in [0.717, 1.165) is 25.9 Å². The Balaban J connectivity index is 1.92. The van der Waals surface area contributed by atoms with Crippen LogP contribution >= 0.6 is 23.1 Å². The molecule has 1 atom stereocenters. The highest BCUT2D eigenvalue weighted by molar-refractivity contribution is 8.26. The minimum absolute atomic E-state index is 0.0476. The second kappa shape index (κ2) is 4.39. The van der Waals surface area contributed by atoms with Crippen molar-refractivity contribution in [3.05, 3.63) is 40.9 Å². The Hall–Kier alpha value is -1.73. The number of hydrogen-bond donors (Lipinski definition) is 0. The van der Waals surface area contributed by atoms with Crippen LogP contribution in [-0.4, -0.2) is 20.3 Å². The molecule has 2 aliphatic rings. The smallest absolute Gasteiger partial charge is 0.170 e. The van der Waals surface area contributed by atoms with Gasteiger partial charge >= 0.3 is 10.3 Å². The molecule has 4 rings (SSSR count). The van der Waals surface area contributed by atoms with E-state index in [1.165, 1.54) is 0 Å². The van der Waals surface area contributed by atoms with Gasteiger partial charge in [0.15, 0.2) is 0 Å². The maximum absolute atomic E-state index is 4.66. The van der Waals surface area contributed by atoms with Crippen molar-refractivity contribution in [2.75, 3.05) is 0 Å². The van der Waals surface area contributed by atoms with Crippen molar-refractivity contribution in [2.45, 2.75) is 20.0 Å². The summed E-state index contributed by atoms with van der Waals surface area (Å²) in [5, 5.41) is 15.0. The Morgan fingerprint density at radius 3 is 2.80 bits per heavy atom. The zero-order chi connectivity index (χ0) is 13.7. The molecule has 2 aliphatic heterocycles. The number of rotatable bonds is 1. The lowest BCUT2D eigenvalue weighted by Gasteiger charge is -2.22. The van der Waals surface area contributed by atoms with Gasteiger partial charge in [-0.1, -0.05) is 40.1 Å². The van der Waals surface area contributed by atoms with Crippen molar-refractivity contribution < 1.29 is 4.68 Å². The van der Waals surface area contributed by atoms with E-state index in [1.54, 1.807) is 23.1 Å². The van der Waals surface area contributed by atoms with E-state index >= 15 is 0 Å². The average molecular weight is 302 g/mol. The molecule has 0 fully saturated rings. The normalized spacial score (nSPS) is 20.3. The standard InChI is InChI=1S/C13H12N5S2/c1-8-15-17-11(10-6-4-3-5-7-10)18-13(14-12(17)19-8)20-9(2)16-18/h3-7,11H,1-2H3/q+1. The lowest BCUT2D eigenvalue weighted by atomic mass is 10.1. The summed E-state index contributed by atoms with van der Waals surface area (Å²) >= 11 is 3.22. The number of hydrazone groups is 1. The van der Waals surface area contributed by atoms with Crippen LogP contribution in [0.4, 0.5) is 5.13 Å². The fourth-order valence-corrected chi connectivity index (χ4v) is 3.92. The molecule has 0 aliphatic carbocycles. The number of aliphatic imine (C=N–C) groups is 1. The van der Waals surface area contributed by atoms with E-state index in [4.69, 9.17) is 0 Å². The van der Waals surface area contributed by atoms with Gasteiger partial charge in [-0.2, -0.15) is 10.1 Å². The van der Waals surface area contributed by atoms with Crippen molar-refractivity contribution >= 4 is 38.4 Å². The Morgan fingerprint density at radius 1 is 1.20 bits per heavy atom. The molecule has 0 saturated carbocycles. The summed E-state index contributed by atoms with van der Waals surface area (Å²) in [4.78, 5) is 4.66. The molecule has 100 valence electrons. The molecule has 0 bridgehead atoms. The van der Waals surface area contributed by atoms with Crippen molar-refractivity contribution in [3.63, 3.8) is 0 Å². The first-order valence-corrected chi connectivity index (χ1v) is 7.91. The van der Waals surface area contributed by atoms with Gasteiger partial charge in [0, 0.05) is 10.6 Å². The largest absolute Gasteiger partial charge is 0.409 e. The van der Waals surface area contributed by atoms with Crippen LogP contribution in [0.3, 0.4) is 0 Å². The molecule has 0 N–H and O–H groups in total. The summed E-state index contributed by atoms with van der Waals surface area (Å²) in [6.07, 6.45) is -0.0476. The van der Waals surface area contributed by atoms with Crippen LogP contribution in [-0.2, 0) is 0 Å². The summed E-state index contributed by atoms with van der Waals surface area (Å²) in [6, 6.07) is 10.3. The van der Waals surface area contributed by atoms with Gasteiger partial charge in [-0.05, 0) is 36.9 Å². The van der Waals surface area contributed by atoms with Crippen molar-refractivity contribution in [2.24, 2.45) is 10.1 Å². The van der Waals surface area contributed by atoms with Gasteiger partial charge in [-0.3, -0.25) is 0 Å². The lowest BCUT2D eigenvalue weighted by Crippen LogP contribution is -2.52. The topological polar surface area (TPSA) is 44.7 Å². The van der Waals surface area contributed by atoms with Gasteiger partial charge in [0.2, 0.25) is 6.17 Å². The fraction of sp³-hybridized carbons (Fsp3) is 0.231. The Kier molecular flexibility index (Phi) is 2.64. The number of aryl methyl sites for hydroxylation is 1. The number of nitrogens with zero attached hydrogens (tertiary/aromatic N) is 5. The predicted octanol–water partition coefficient (Wildman–Crippen LogP) is 2.67. The Bertz CT molecular complexity index is 734. The molecule has 7 heteroatoms. The number of thioether (sulfide) groups is 1. The molecule has 5 nitrogen and oxygen atoms in total. The third-order valence-corrected chi connectivity index (χ3v) is 4.80. The molecule has 1 aromatic heterocycles. The van der Waals surface area contributed by atoms with Gasteiger partial charge in [0.25, 0.3) is 0 Å². The molecule has 0 amide bonds. The highest BCUT2D eigenvalue weighted by Gasteiger charge is 2.44. The third kappa shape index (κ3) is 1.77. The van der Waals surface area contributed by atoms with Gasteiger partial charge in [-0.25, -0.2) is 0 Å².